The van der Waals surface area contributed by atoms with Gasteiger partial charge in [0.1, 0.15) is 13.1 Å². The molecule has 0 saturated carbocycles. The summed E-state index contributed by atoms with van der Waals surface area (Å²) in [4.78, 5) is 49.2. The van der Waals surface area contributed by atoms with Crippen molar-refractivity contribution in [2.45, 2.75) is 26.5 Å². The average Bonchev–Trinajstić information content (AvgIpc) is 2.80. The highest BCUT2D eigenvalue weighted by Gasteiger charge is 2.35. The molecule has 1 aliphatic heterocycles. The molecule has 0 radical (unpaired) electrons. The minimum absolute atomic E-state index is 0.0707. The van der Waals surface area contributed by atoms with Crippen molar-refractivity contribution in [1.29, 1.82) is 0 Å². The van der Waals surface area contributed by atoms with Crippen molar-refractivity contribution in [3.05, 3.63) is 35.4 Å². The van der Waals surface area contributed by atoms with Crippen LogP contribution in [-0.2, 0) is 25.7 Å². The van der Waals surface area contributed by atoms with Crippen LogP contribution >= 0.6 is 0 Å². The molecule has 2 rings (SSSR count). The van der Waals surface area contributed by atoms with E-state index < -0.39 is 36.5 Å². The quantitative estimate of drug-likeness (QED) is 0.595. The normalized spacial score (nSPS) is 15.3. The lowest BCUT2D eigenvalue weighted by molar-refractivity contribution is -0.156. The van der Waals surface area contributed by atoms with Crippen molar-refractivity contribution in [3.8, 4) is 0 Å². The molecular formula is C17H21N3O5. The van der Waals surface area contributed by atoms with Crippen molar-refractivity contribution >= 4 is 23.8 Å². The molecule has 0 aliphatic carbocycles. The summed E-state index contributed by atoms with van der Waals surface area (Å²) < 4.78 is 5.00. The Bertz CT molecular complexity index is 686. The second-order valence-corrected chi connectivity index (χ2v) is 5.95. The van der Waals surface area contributed by atoms with Gasteiger partial charge in [-0.15, -0.1) is 0 Å². The van der Waals surface area contributed by atoms with E-state index >= 15 is 0 Å². The fourth-order valence-electron chi connectivity index (χ4n) is 2.28. The molecule has 0 spiro atoms. The van der Waals surface area contributed by atoms with Gasteiger partial charge in [-0.1, -0.05) is 29.8 Å². The Balaban J connectivity index is 1.80. The highest BCUT2D eigenvalue weighted by atomic mass is 16.5. The number of hydrogen-bond donors (Lipinski definition) is 1. The van der Waals surface area contributed by atoms with Crippen LogP contribution in [0.25, 0.3) is 0 Å². The number of nitrogens with zero attached hydrogens (tertiary/aromatic N) is 2. The first kappa shape index (κ1) is 18.4. The largest absolute Gasteiger partial charge is 0.451 e. The van der Waals surface area contributed by atoms with Gasteiger partial charge in [0.2, 0.25) is 0 Å². The Morgan fingerprint density at radius 1 is 1.24 bits per heavy atom. The van der Waals surface area contributed by atoms with Gasteiger partial charge in [0.05, 0.1) is 0 Å². The molecule has 1 aromatic rings. The summed E-state index contributed by atoms with van der Waals surface area (Å²) in [7, 11) is 1.46. The molecule has 8 nitrogen and oxygen atoms in total. The van der Waals surface area contributed by atoms with E-state index in [1.807, 2.05) is 31.2 Å². The molecule has 4 amide bonds. The first-order valence-electron chi connectivity index (χ1n) is 7.86. The maximum atomic E-state index is 12.0. The topological polar surface area (TPSA) is 96.0 Å². The summed E-state index contributed by atoms with van der Waals surface area (Å²) in [5.74, 6) is -1.74. The van der Waals surface area contributed by atoms with Gasteiger partial charge >= 0.3 is 12.0 Å². The number of carbonyl (C=O) groups is 4. The second-order valence-electron chi connectivity index (χ2n) is 5.95. The fourth-order valence-corrected chi connectivity index (χ4v) is 2.28. The van der Waals surface area contributed by atoms with Crippen LogP contribution in [0.4, 0.5) is 4.79 Å². The van der Waals surface area contributed by atoms with Gasteiger partial charge in [0.25, 0.3) is 11.8 Å². The zero-order chi connectivity index (χ0) is 18.6. The maximum absolute atomic E-state index is 12.0. The number of urea groups is 1. The van der Waals surface area contributed by atoms with Crippen LogP contribution in [0, 0.1) is 6.92 Å². The Labute approximate surface area is 145 Å². The predicted octanol–water partition coefficient (Wildman–Crippen LogP) is 0.437. The number of benzene rings is 1. The SMILES string of the molecule is Cc1ccc(CNC(=O)[C@@H](C)OC(=O)CN2C(=O)CN(C)C2=O)cc1. The van der Waals surface area contributed by atoms with E-state index in [1.54, 1.807) is 0 Å². The lowest BCUT2D eigenvalue weighted by Gasteiger charge is -2.16. The van der Waals surface area contributed by atoms with E-state index in [4.69, 9.17) is 4.74 Å². The van der Waals surface area contributed by atoms with Gasteiger partial charge in [-0.2, -0.15) is 0 Å². The van der Waals surface area contributed by atoms with E-state index in [0.717, 1.165) is 16.0 Å². The number of carbonyl (C=O) groups excluding carboxylic acids is 4. The highest BCUT2D eigenvalue weighted by Crippen LogP contribution is 2.08. The molecule has 1 atom stereocenters. The van der Waals surface area contributed by atoms with Crippen LogP contribution in [0.1, 0.15) is 18.1 Å². The van der Waals surface area contributed by atoms with E-state index in [9.17, 15) is 19.2 Å². The van der Waals surface area contributed by atoms with Crippen molar-refractivity contribution in [1.82, 2.24) is 15.1 Å². The van der Waals surface area contributed by atoms with Gasteiger partial charge in [-0.25, -0.2) is 4.79 Å². The molecule has 1 heterocycles. The average molecular weight is 347 g/mol. The lowest BCUT2D eigenvalue weighted by Crippen LogP contribution is -2.40. The summed E-state index contributed by atoms with van der Waals surface area (Å²) >= 11 is 0. The van der Waals surface area contributed by atoms with Crippen molar-refractivity contribution in [2.75, 3.05) is 20.1 Å². The Morgan fingerprint density at radius 3 is 2.44 bits per heavy atom. The van der Waals surface area contributed by atoms with Crippen molar-refractivity contribution < 1.29 is 23.9 Å². The summed E-state index contributed by atoms with van der Waals surface area (Å²) in [6.07, 6.45) is -1.02. The van der Waals surface area contributed by atoms with Crippen molar-refractivity contribution in [2.24, 2.45) is 0 Å². The molecule has 1 aromatic carbocycles. The third kappa shape index (κ3) is 4.79. The number of amides is 4. The number of nitrogens with one attached hydrogen (secondary N) is 1. The number of ether oxygens (including phenoxy) is 1. The minimum Gasteiger partial charge on any atom is -0.451 e. The number of hydrogen-bond acceptors (Lipinski definition) is 5. The van der Waals surface area contributed by atoms with Crippen LogP contribution < -0.4 is 5.32 Å². The molecule has 1 saturated heterocycles. The van der Waals surface area contributed by atoms with E-state index in [2.05, 4.69) is 5.32 Å². The van der Waals surface area contributed by atoms with E-state index in [1.165, 1.54) is 18.9 Å². The molecule has 25 heavy (non-hydrogen) atoms. The zero-order valence-electron chi connectivity index (χ0n) is 14.4. The van der Waals surface area contributed by atoms with Crippen LogP contribution in [0.3, 0.4) is 0 Å². The van der Waals surface area contributed by atoms with Gasteiger partial charge in [0.15, 0.2) is 6.10 Å². The number of imide groups is 1. The molecule has 1 aliphatic rings. The Kier molecular flexibility index (Phi) is 5.74. The Morgan fingerprint density at radius 2 is 1.88 bits per heavy atom. The molecule has 8 heteroatoms. The van der Waals surface area contributed by atoms with Crippen molar-refractivity contribution in [3.63, 3.8) is 0 Å². The molecule has 1 N–H and O–H groups in total. The predicted molar refractivity (Wildman–Crippen MR) is 88.3 cm³/mol. The third-order valence-electron chi connectivity index (χ3n) is 3.78. The molecule has 0 bridgehead atoms. The molecular weight excluding hydrogens is 326 g/mol. The second kappa shape index (κ2) is 7.78. The molecule has 0 aromatic heterocycles. The first-order valence-corrected chi connectivity index (χ1v) is 7.86. The van der Waals surface area contributed by atoms with E-state index in [-0.39, 0.29) is 6.54 Å². The molecule has 0 unspecified atom stereocenters. The number of rotatable bonds is 6. The van der Waals surface area contributed by atoms with Gasteiger partial charge in [-0.3, -0.25) is 19.3 Å². The van der Waals surface area contributed by atoms with Gasteiger partial charge < -0.3 is 15.0 Å². The van der Waals surface area contributed by atoms with E-state index in [0.29, 0.717) is 6.54 Å². The van der Waals surface area contributed by atoms with Crippen LogP contribution in [0.15, 0.2) is 24.3 Å². The standard InChI is InChI=1S/C17H21N3O5/c1-11-4-6-13(7-5-11)8-18-16(23)12(2)25-15(22)10-20-14(21)9-19(3)17(20)24/h4-7,12H,8-10H2,1-3H3,(H,18,23)/t12-/m1/s1. The van der Waals surface area contributed by atoms with Crippen LogP contribution in [0.2, 0.25) is 0 Å². The smallest absolute Gasteiger partial charge is 0.327 e. The van der Waals surface area contributed by atoms with Gasteiger partial charge in [0, 0.05) is 13.6 Å². The van der Waals surface area contributed by atoms with Crippen LogP contribution in [0.5, 0.6) is 0 Å². The minimum atomic E-state index is -1.02. The summed E-state index contributed by atoms with van der Waals surface area (Å²) in [5, 5.41) is 2.67. The summed E-state index contributed by atoms with van der Waals surface area (Å²) in [6.45, 7) is 3.14. The van der Waals surface area contributed by atoms with Gasteiger partial charge in [-0.05, 0) is 19.4 Å². The Hall–Kier alpha value is -2.90. The third-order valence-corrected chi connectivity index (χ3v) is 3.78. The first-order chi connectivity index (χ1) is 11.8. The number of esters is 1. The lowest BCUT2D eigenvalue weighted by atomic mass is 10.1. The fraction of sp³-hybridized carbons (Fsp3) is 0.412. The highest BCUT2D eigenvalue weighted by molar-refractivity contribution is 6.04. The summed E-state index contributed by atoms with van der Waals surface area (Å²) in [6, 6.07) is 7.11. The summed E-state index contributed by atoms with van der Waals surface area (Å²) in [5.41, 5.74) is 2.04. The van der Waals surface area contributed by atoms with Crippen LogP contribution in [-0.4, -0.2) is 59.9 Å². The number of aryl methyl sites for hydroxylation is 1. The monoisotopic (exact) mass is 347 g/mol. The molecule has 1 fully saturated rings. The number of likely N-dealkylation sites (N-methyl/N-ethyl adjacent to an activating group) is 1. The molecule has 134 valence electrons. The zero-order valence-corrected chi connectivity index (χ0v) is 14.4. The maximum Gasteiger partial charge on any atom is 0.327 e.